The second-order valence-corrected chi connectivity index (χ2v) is 7.23. The highest BCUT2D eigenvalue weighted by molar-refractivity contribution is 5.66. The maximum atomic E-state index is 14.0. The molecule has 0 saturated carbocycles. The van der Waals surface area contributed by atoms with Gasteiger partial charge in [-0.2, -0.15) is 5.10 Å². The molecule has 5 N–H and O–H groups in total. The summed E-state index contributed by atoms with van der Waals surface area (Å²) in [6, 6.07) is 7.19. The summed E-state index contributed by atoms with van der Waals surface area (Å²) in [5.74, 6) is -1.26. The van der Waals surface area contributed by atoms with Crippen molar-refractivity contribution in [1.29, 1.82) is 0 Å². The minimum absolute atomic E-state index is 0.0280. The van der Waals surface area contributed by atoms with Gasteiger partial charge in [0.2, 0.25) is 0 Å². The molecule has 0 aliphatic heterocycles. The van der Waals surface area contributed by atoms with Gasteiger partial charge in [-0.3, -0.25) is 5.10 Å². The van der Waals surface area contributed by atoms with E-state index in [0.717, 1.165) is 17.8 Å². The van der Waals surface area contributed by atoms with Gasteiger partial charge in [0, 0.05) is 23.8 Å². The Balaban J connectivity index is 0.00000107. The van der Waals surface area contributed by atoms with E-state index in [4.69, 9.17) is 11.5 Å². The third-order valence-corrected chi connectivity index (χ3v) is 4.64. The van der Waals surface area contributed by atoms with Crippen LogP contribution in [0.3, 0.4) is 0 Å². The van der Waals surface area contributed by atoms with Gasteiger partial charge >= 0.3 is 0 Å². The monoisotopic (exact) mass is 466 g/mol. The van der Waals surface area contributed by atoms with Gasteiger partial charge in [-0.05, 0) is 49.3 Å². The largest absolute Gasteiger partial charge is 0.401 e. The molecule has 34 heavy (non-hydrogen) atoms. The first-order chi connectivity index (χ1) is 16.3. The summed E-state index contributed by atoms with van der Waals surface area (Å²) >= 11 is 0. The van der Waals surface area contributed by atoms with Gasteiger partial charge in [-0.1, -0.05) is 33.3 Å². The average Bonchev–Trinajstić information content (AvgIpc) is 3.38. The van der Waals surface area contributed by atoms with Crippen LogP contribution in [0.2, 0.25) is 0 Å². The van der Waals surface area contributed by atoms with Gasteiger partial charge in [0.25, 0.3) is 0 Å². The van der Waals surface area contributed by atoms with Crippen LogP contribution < -0.4 is 11.5 Å². The van der Waals surface area contributed by atoms with E-state index in [-0.39, 0.29) is 17.2 Å². The molecule has 0 amide bonds. The van der Waals surface area contributed by atoms with Crippen molar-refractivity contribution < 1.29 is 8.78 Å². The lowest BCUT2D eigenvalue weighted by Gasteiger charge is -2.15. The van der Waals surface area contributed by atoms with Crippen molar-refractivity contribution in [3.8, 4) is 24.2 Å². The molecule has 1 unspecified atom stereocenters. The summed E-state index contributed by atoms with van der Waals surface area (Å²) in [6.45, 7) is 8.00. The van der Waals surface area contributed by atoms with Crippen LogP contribution in [0.1, 0.15) is 57.8 Å². The van der Waals surface area contributed by atoms with Gasteiger partial charge in [-0.25, -0.2) is 18.7 Å². The smallest absolute Gasteiger partial charge is 0.137 e. The number of aromatic nitrogens is 4. The lowest BCUT2D eigenvalue weighted by molar-refractivity contribution is 0.576. The van der Waals surface area contributed by atoms with E-state index in [1.54, 1.807) is 24.5 Å². The lowest BCUT2D eigenvalue weighted by atomic mass is 9.98. The van der Waals surface area contributed by atoms with Crippen molar-refractivity contribution in [3.63, 3.8) is 0 Å². The molecule has 3 rings (SSSR count). The number of nitrogens with zero attached hydrogens (tertiary/aromatic N) is 3. The van der Waals surface area contributed by atoms with Gasteiger partial charge in [0.15, 0.2) is 0 Å². The first-order valence-corrected chi connectivity index (χ1v) is 10.9. The zero-order chi connectivity index (χ0) is 25.7. The Hall–Kier alpha value is -3.99. The SMILES string of the molecule is C#C.CCC.CCC(/C=C(\N)c1c(F)cccc1F)=C(/N)C(C)c1nccc(-c2ccn[nH]2)n1. The van der Waals surface area contributed by atoms with E-state index in [9.17, 15) is 8.78 Å². The quantitative estimate of drug-likeness (QED) is 0.327. The third kappa shape index (κ3) is 7.27. The molecule has 0 saturated heterocycles. The molecule has 6 nitrogen and oxygen atoms in total. The molecular weight excluding hydrogens is 434 g/mol. The fourth-order valence-corrected chi connectivity index (χ4v) is 2.97. The molecule has 0 bridgehead atoms. The first kappa shape index (κ1) is 28.0. The molecule has 1 aromatic carbocycles. The highest BCUT2D eigenvalue weighted by Gasteiger charge is 2.17. The minimum atomic E-state index is -0.726. The van der Waals surface area contributed by atoms with Crippen LogP contribution >= 0.6 is 0 Å². The van der Waals surface area contributed by atoms with E-state index in [1.165, 1.54) is 18.6 Å². The Labute approximate surface area is 200 Å². The lowest BCUT2D eigenvalue weighted by Crippen LogP contribution is -2.14. The van der Waals surface area contributed by atoms with Crippen molar-refractivity contribution >= 4 is 5.70 Å². The number of hydrogen-bond donors (Lipinski definition) is 3. The van der Waals surface area contributed by atoms with Crippen LogP contribution in [0.4, 0.5) is 8.78 Å². The predicted octanol–water partition coefficient (Wildman–Crippen LogP) is 5.54. The Kier molecular flexibility index (Phi) is 11.7. The van der Waals surface area contributed by atoms with Gasteiger partial charge in [0.1, 0.15) is 17.5 Å². The number of benzene rings is 1. The molecule has 0 spiro atoms. The van der Waals surface area contributed by atoms with Gasteiger partial charge in [-0.15, -0.1) is 12.8 Å². The van der Waals surface area contributed by atoms with Crippen LogP contribution in [-0.2, 0) is 0 Å². The van der Waals surface area contributed by atoms with E-state index < -0.39 is 11.6 Å². The molecule has 2 aromatic heterocycles. The Morgan fingerprint density at radius 1 is 1.06 bits per heavy atom. The topological polar surface area (TPSA) is 107 Å². The van der Waals surface area contributed by atoms with E-state index in [0.29, 0.717) is 29.2 Å². The summed E-state index contributed by atoms with van der Waals surface area (Å²) in [4.78, 5) is 8.87. The zero-order valence-electron chi connectivity index (χ0n) is 20.0. The molecular formula is C26H32F2N6. The van der Waals surface area contributed by atoms with Gasteiger partial charge in [0.05, 0.1) is 22.9 Å². The summed E-state index contributed by atoms with van der Waals surface area (Å²) in [5, 5.41) is 6.78. The number of halogens is 2. The molecule has 0 radical (unpaired) electrons. The van der Waals surface area contributed by atoms with E-state index in [1.807, 2.05) is 13.8 Å². The average molecular weight is 467 g/mol. The van der Waals surface area contributed by atoms with Gasteiger partial charge < -0.3 is 11.5 Å². The maximum absolute atomic E-state index is 14.0. The number of terminal acetylenes is 1. The van der Waals surface area contributed by atoms with E-state index >= 15 is 0 Å². The fourth-order valence-electron chi connectivity index (χ4n) is 2.97. The van der Waals surface area contributed by atoms with E-state index in [2.05, 4.69) is 46.9 Å². The molecule has 8 heteroatoms. The molecule has 2 heterocycles. The summed E-state index contributed by atoms with van der Waals surface area (Å²) in [7, 11) is 0. The summed E-state index contributed by atoms with van der Waals surface area (Å²) < 4.78 is 28.0. The van der Waals surface area contributed by atoms with Crippen molar-refractivity contribution in [2.24, 2.45) is 11.5 Å². The normalized spacial score (nSPS) is 12.4. The number of nitrogens with two attached hydrogens (primary N) is 2. The van der Waals surface area contributed by atoms with Crippen LogP contribution in [0.15, 0.2) is 60.1 Å². The van der Waals surface area contributed by atoms with Crippen LogP contribution in [0.5, 0.6) is 0 Å². The second kappa shape index (κ2) is 14.2. The summed E-state index contributed by atoms with van der Waals surface area (Å²) in [6.07, 6.45) is 14.6. The number of rotatable bonds is 6. The molecule has 1 atom stereocenters. The Morgan fingerprint density at radius 2 is 1.68 bits per heavy atom. The molecule has 0 aliphatic carbocycles. The maximum Gasteiger partial charge on any atom is 0.137 e. The summed E-state index contributed by atoms with van der Waals surface area (Å²) in [5.41, 5.74) is 14.7. The second-order valence-electron chi connectivity index (χ2n) is 7.23. The Bertz CT molecular complexity index is 1100. The van der Waals surface area contributed by atoms with Crippen molar-refractivity contribution in [2.45, 2.75) is 46.5 Å². The molecule has 0 aliphatic rings. The minimum Gasteiger partial charge on any atom is -0.401 e. The molecule has 0 fully saturated rings. The number of hydrogen-bond acceptors (Lipinski definition) is 5. The first-order valence-electron chi connectivity index (χ1n) is 10.9. The predicted molar refractivity (Wildman–Crippen MR) is 134 cm³/mol. The molecule has 3 aromatic rings. The van der Waals surface area contributed by atoms with Crippen LogP contribution in [0.25, 0.3) is 17.1 Å². The number of nitrogens with one attached hydrogen (secondary N) is 1. The fraction of sp³-hybridized carbons (Fsp3) is 0.269. The van der Waals surface area contributed by atoms with Crippen LogP contribution in [0, 0.1) is 24.5 Å². The highest BCUT2D eigenvalue weighted by Crippen LogP contribution is 2.26. The van der Waals surface area contributed by atoms with Crippen molar-refractivity contribution in [1.82, 2.24) is 20.2 Å². The number of H-pyrrole nitrogens is 1. The zero-order valence-corrected chi connectivity index (χ0v) is 20.0. The third-order valence-electron chi connectivity index (χ3n) is 4.64. The Morgan fingerprint density at radius 3 is 2.21 bits per heavy atom. The standard InChI is InChI=1S/C21H22F2N6.C3H8.C2H2/c1-3-13(11-16(24)19-14(22)5-4-6-15(19)23)20(25)12(2)21-26-9-7-17(28-21)18-8-10-27-29-18;1-3-2;1-2/h4-12H,3,24-25H2,1-2H3,(H,27,29);3H2,1-2H3;1-2H/b16-11-,20-13-;;. The highest BCUT2D eigenvalue weighted by atomic mass is 19.1. The van der Waals surface area contributed by atoms with Crippen LogP contribution in [-0.4, -0.2) is 20.2 Å². The van der Waals surface area contributed by atoms with Crippen molar-refractivity contribution in [2.75, 3.05) is 0 Å². The number of aromatic amines is 1. The number of allylic oxidation sites excluding steroid dienone is 3. The van der Waals surface area contributed by atoms with Crippen molar-refractivity contribution in [3.05, 3.63) is 83.1 Å². The molecule has 180 valence electrons.